The number of amides is 1. The second-order valence-electron chi connectivity index (χ2n) is 7.43. The van der Waals surface area contributed by atoms with Crippen molar-refractivity contribution >= 4 is 17.2 Å². The number of benzene rings is 2. The van der Waals surface area contributed by atoms with Gasteiger partial charge in [-0.25, -0.2) is 0 Å². The lowest BCUT2D eigenvalue weighted by Crippen LogP contribution is -2.44. The van der Waals surface area contributed by atoms with Crippen molar-refractivity contribution in [3.05, 3.63) is 77.2 Å². The Morgan fingerprint density at radius 1 is 1.10 bits per heavy atom. The molecular formula is C24H26N2O2S. The lowest BCUT2D eigenvalue weighted by atomic mass is 10.0. The Bertz CT molecular complexity index is 947. The first-order valence-electron chi connectivity index (χ1n) is 10.0. The largest absolute Gasteiger partial charge is 0.497 e. The zero-order valence-corrected chi connectivity index (χ0v) is 17.5. The lowest BCUT2D eigenvalue weighted by molar-refractivity contribution is 0.0908. The SMILES string of the molecule is COc1cccc(C(=O)NC2CCN(Cc3cccc(-c4cccs4)c3)CC2)c1. The molecule has 4 rings (SSSR count). The maximum atomic E-state index is 12.5. The van der Waals surface area contributed by atoms with Crippen LogP contribution in [0.1, 0.15) is 28.8 Å². The normalized spacial score (nSPS) is 15.2. The van der Waals surface area contributed by atoms with Crippen LogP contribution in [0.4, 0.5) is 0 Å². The van der Waals surface area contributed by atoms with Gasteiger partial charge in [0.15, 0.2) is 0 Å². The number of thiophene rings is 1. The van der Waals surface area contributed by atoms with Gasteiger partial charge in [-0.15, -0.1) is 11.3 Å². The molecular weight excluding hydrogens is 380 g/mol. The van der Waals surface area contributed by atoms with E-state index < -0.39 is 0 Å². The summed E-state index contributed by atoms with van der Waals surface area (Å²) in [7, 11) is 1.61. The smallest absolute Gasteiger partial charge is 0.251 e. The summed E-state index contributed by atoms with van der Waals surface area (Å²) in [5.41, 5.74) is 3.28. The number of rotatable bonds is 6. The van der Waals surface area contributed by atoms with Crippen molar-refractivity contribution in [3.63, 3.8) is 0 Å². The molecule has 0 atom stereocenters. The Morgan fingerprint density at radius 3 is 2.69 bits per heavy atom. The number of nitrogens with zero attached hydrogens (tertiary/aromatic N) is 1. The molecule has 1 aliphatic heterocycles. The highest BCUT2D eigenvalue weighted by molar-refractivity contribution is 7.13. The van der Waals surface area contributed by atoms with Crippen LogP contribution in [-0.4, -0.2) is 37.0 Å². The molecule has 0 radical (unpaired) electrons. The van der Waals surface area contributed by atoms with E-state index in [0.717, 1.165) is 32.5 Å². The monoisotopic (exact) mass is 406 g/mol. The van der Waals surface area contributed by atoms with Gasteiger partial charge in [0.2, 0.25) is 0 Å². The predicted octanol–water partition coefficient (Wildman–Crippen LogP) is 4.82. The van der Waals surface area contributed by atoms with Crippen LogP contribution in [0.5, 0.6) is 5.75 Å². The van der Waals surface area contributed by atoms with Crippen LogP contribution < -0.4 is 10.1 Å². The quantitative estimate of drug-likeness (QED) is 0.638. The minimum atomic E-state index is -0.0222. The van der Waals surface area contributed by atoms with E-state index >= 15 is 0 Å². The number of carbonyl (C=O) groups excluding carboxylic acids is 1. The average Bonchev–Trinajstić information content (AvgIpc) is 3.30. The first-order valence-corrected chi connectivity index (χ1v) is 10.9. The van der Waals surface area contributed by atoms with Gasteiger partial charge in [0, 0.05) is 36.1 Å². The summed E-state index contributed by atoms with van der Waals surface area (Å²) in [6.45, 7) is 2.94. The third kappa shape index (κ3) is 5.05. The van der Waals surface area contributed by atoms with E-state index in [1.807, 2.05) is 18.2 Å². The van der Waals surface area contributed by atoms with Gasteiger partial charge >= 0.3 is 0 Å². The molecule has 1 saturated heterocycles. The van der Waals surface area contributed by atoms with Crippen LogP contribution in [0.25, 0.3) is 10.4 Å². The molecule has 2 aromatic carbocycles. The second kappa shape index (κ2) is 9.25. The Hall–Kier alpha value is -2.63. The number of nitrogens with one attached hydrogen (secondary N) is 1. The number of ether oxygens (including phenoxy) is 1. The van der Waals surface area contributed by atoms with E-state index in [-0.39, 0.29) is 11.9 Å². The first-order chi connectivity index (χ1) is 14.2. The minimum absolute atomic E-state index is 0.0222. The van der Waals surface area contributed by atoms with Gasteiger partial charge in [0.05, 0.1) is 7.11 Å². The molecule has 1 aliphatic rings. The summed E-state index contributed by atoms with van der Waals surface area (Å²) in [4.78, 5) is 16.3. The molecule has 1 amide bonds. The summed E-state index contributed by atoms with van der Waals surface area (Å²) in [5.74, 6) is 0.684. The fourth-order valence-corrected chi connectivity index (χ4v) is 4.52. The molecule has 0 unspecified atom stereocenters. The number of hydrogen-bond donors (Lipinski definition) is 1. The molecule has 3 aromatic rings. The zero-order valence-electron chi connectivity index (χ0n) is 16.6. The summed E-state index contributed by atoms with van der Waals surface area (Å²) < 4.78 is 5.21. The summed E-state index contributed by atoms with van der Waals surface area (Å²) in [6.07, 6.45) is 1.95. The Kier molecular flexibility index (Phi) is 6.27. The number of methoxy groups -OCH3 is 1. The van der Waals surface area contributed by atoms with Crippen LogP contribution in [0, 0.1) is 0 Å². The zero-order chi connectivity index (χ0) is 20.1. The van der Waals surface area contributed by atoms with Crippen molar-refractivity contribution in [1.29, 1.82) is 0 Å². The van der Waals surface area contributed by atoms with Crippen molar-refractivity contribution in [3.8, 4) is 16.2 Å². The number of piperidine rings is 1. The molecule has 29 heavy (non-hydrogen) atoms. The highest BCUT2D eigenvalue weighted by Gasteiger charge is 2.21. The molecule has 150 valence electrons. The third-order valence-corrected chi connectivity index (χ3v) is 6.31. The van der Waals surface area contributed by atoms with E-state index in [9.17, 15) is 4.79 Å². The van der Waals surface area contributed by atoms with Crippen LogP contribution >= 0.6 is 11.3 Å². The standard InChI is InChI=1S/C24H26N2O2S/c1-28-22-8-3-7-20(16-22)24(27)25-21-10-12-26(13-11-21)17-18-5-2-6-19(15-18)23-9-4-14-29-23/h2-9,14-16,21H,10-13,17H2,1H3,(H,25,27). The van der Waals surface area contributed by atoms with Gasteiger partial charge in [0.1, 0.15) is 5.75 Å². The Labute approximate surface area is 176 Å². The minimum Gasteiger partial charge on any atom is -0.497 e. The summed E-state index contributed by atoms with van der Waals surface area (Å²) in [6, 6.07) is 20.6. The maximum Gasteiger partial charge on any atom is 0.251 e. The van der Waals surface area contributed by atoms with Crippen molar-refractivity contribution in [1.82, 2.24) is 10.2 Å². The summed E-state index contributed by atoms with van der Waals surface area (Å²) >= 11 is 1.78. The molecule has 1 aromatic heterocycles. The number of carbonyl (C=O) groups is 1. The molecule has 0 saturated carbocycles. The van der Waals surface area contributed by atoms with E-state index in [1.54, 1.807) is 24.5 Å². The van der Waals surface area contributed by atoms with Crippen LogP contribution in [-0.2, 0) is 6.54 Å². The fourth-order valence-electron chi connectivity index (χ4n) is 3.79. The Balaban J connectivity index is 1.29. The third-order valence-electron chi connectivity index (χ3n) is 5.39. The van der Waals surface area contributed by atoms with E-state index in [4.69, 9.17) is 4.74 Å². The maximum absolute atomic E-state index is 12.5. The molecule has 0 bridgehead atoms. The first kappa shape index (κ1) is 19.7. The van der Waals surface area contributed by atoms with E-state index in [1.165, 1.54) is 16.0 Å². The second-order valence-corrected chi connectivity index (χ2v) is 8.38. The molecule has 0 aliphatic carbocycles. The topological polar surface area (TPSA) is 41.6 Å². The summed E-state index contributed by atoms with van der Waals surface area (Å²) in [5, 5.41) is 5.30. The molecule has 1 fully saturated rings. The predicted molar refractivity (Wildman–Crippen MR) is 119 cm³/mol. The average molecular weight is 407 g/mol. The molecule has 4 nitrogen and oxygen atoms in total. The molecule has 2 heterocycles. The molecule has 0 spiro atoms. The van der Waals surface area contributed by atoms with Gasteiger partial charge in [-0.2, -0.15) is 0 Å². The van der Waals surface area contributed by atoms with Crippen molar-refractivity contribution < 1.29 is 9.53 Å². The van der Waals surface area contributed by atoms with Crippen LogP contribution in [0.3, 0.4) is 0 Å². The van der Waals surface area contributed by atoms with Gasteiger partial charge in [0.25, 0.3) is 5.91 Å². The van der Waals surface area contributed by atoms with Gasteiger partial charge in [-0.05, 0) is 59.7 Å². The van der Waals surface area contributed by atoms with Crippen LogP contribution in [0.15, 0.2) is 66.0 Å². The van der Waals surface area contributed by atoms with Gasteiger partial charge in [-0.1, -0.05) is 30.3 Å². The highest BCUT2D eigenvalue weighted by Crippen LogP contribution is 2.26. The number of likely N-dealkylation sites (tertiary alicyclic amines) is 1. The van der Waals surface area contributed by atoms with Gasteiger partial charge in [-0.3, -0.25) is 9.69 Å². The number of hydrogen-bond acceptors (Lipinski definition) is 4. The van der Waals surface area contributed by atoms with E-state index in [2.05, 4.69) is 52.0 Å². The van der Waals surface area contributed by atoms with E-state index in [0.29, 0.717) is 11.3 Å². The van der Waals surface area contributed by atoms with Crippen molar-refractivity contribution in [2.24, 2.45) is 0 Å². The van der Waals surface area contributed by atoms with Crippen LogP contribution in [0.2, 0.25) is 0 Å². The Morgan fingerprint density at radius 2 is 1.93 bits per heavy atom. The van der Waals surface area contributed by atoms with Crippen molar-refractivity contribution in [2.45, 2.75) is 25.4 Å². The molecule has 1 N–H and O–H groups in total. The lowest BCUT2D eigenvalue weighted by Gasteiger charge is -2.32. The molecule has 5 heteroatoms. The highest BCUT2D eigenvalue weighted by atomic mass is 32.1. The fraction of sp³-hybridized carbons (Fsp3) is 0.292. The van der Waals surface area contributed by atoms with Crippen molar-refractivity contribution in [2.75, 3.05) is 20.2 Å². The van der Waals surface area contributed by atoms with Gasteiger partial charge < -0.3 is 10.1 Å².